The summed E-state index contributed by atoms with van der Waals surface area (Å²) in [4.78, 5) is 23.4. The zero-order chi connectivity index (χ0) is 14.6. The zero-order valence-corrected chi connectivity index (χ0v) is 12.5. The number of anilines is 1. The Morgan fingerprint density at radius 1 is 1.47 bits per heavy atom. The van der Waals surface area contributed by atoms with Gasteiger partial charge >= 0.3 is 5.97 Å². The van der Waals surface area contributed by atoms with Crippen LogP contribution in [-0.2, 0) is 4.79 Å². The fourth-order valence-electron chi connectivity index (χ4n) is 1.78. The van der Waals surface area contributed by atoms with Gasteiger partial charge in [0.1, 0.15) is 5.54 Å². The van der Waals surface area contributed by atoms with Crippen molar-refractivity contribution >= 4 is 33.5 Å². The summed E-state index contributed by atoms with van der Waals surface area (Å²) in [6, 6.07) is 4.85. The number of hydrogen-bond donors (Lipinski definition) is 3. The van der Waals surface area contributed by atoms with Gasteiger partial charge in [0.25, 0.3) is 5.91 Å². The van der Waals surface area contributed by atoms with Gasteiger partial charge in [-0.05, 0) is 31.5 Å². The van der Waals surface area contributed by atoms with Crippen molar-refractivity contribution in [2.75, 3.05) is 5.73 Å². The van der Waals surface area contributed by atoms with Gasteiger partial charge in [0.05, 0.1) is 5.56 Å². The smallest absolute Gasteiger partial charge is 0.329 e. The molecule has 0 saturated heterocycles. The maximum Gasteiger partial charge on any atom is 0.329 e. The minimum absolute atomic E-state index is 0.270. The Bertz CT molecular complexity index is 505. The Morgan fingerprint density at radius 2 is 2.11 bits per heavy atom. The normalized spacial score (nSPS) is 13.6. The molecule has 0 aliphatic carbocycles. The molecular formula is C13H17BrN2O3. The largest absolute Gasteiger partial charge is 0.480 e. The summed E-state index contributed by atoms with van der Waals surface area (Å²) in [5, 5.41) is 11.8. The highest BCUT2D eigenvalue weighted by atomic mass is 79.9. The van der Waals surface area contributed by atoms with Crippen molar-refractivity contribution < 1.29 is 14.7 Å². The second-order valence-electron chi connectivity index (χ2n) is 4.57. The molecule has 5 nitrogen and oxygen atoms in total. The fraction of sp³-hybridized carbons (Fsp3) is 0.385. The van der Waals surface area contributed by atoms with Crippen LogP contribution >= 0.6 is 15.9 Å². The van der Waals surface area contributed by atoms with E-state index < -0.39 is 17.4 Å². The van der Waals surface area contributed by atoms with Gasteiger partial charge in [0, 0.05) is 10.2 Å². The number of carboxylic acid groups (broad SMARTS) is 1. The Morgan fingerprint density at radius 3 is 2.58 bits per heavy atom. The highest BCUT2D eigenvalue weighted by Crippen LogP contribution is 2.20. The number of nitrogens with one attached hydrogen (secondary N) is 1. The minimum Gasteiger partial charge on any atom is -0.480 e. The molecule has 1 amide bonds. The first-order valence-corrected chi connectivity index (χ1v) is 6.70. The van der Waals surface area contributed by atoms with Crippen LogP contribution in [-0.4, -0.2) is 22.5 Å². The Labute approximate surface area is 120 Å². The molecule has 0 saturated carbocycles. The molecule has 1 aromatic carbocycles. The van der Waals surface area contributed by atoms with Gasteiger partial charge in [0.15, 0.2) is 0 Å². The van der Waals surface area contributed by atoms with Crippen molar-refractivity contribution in [1.29, 1.82) is 0 Å². The highest BCUT2D eigenvalue weighted by molar-refractivity contribution is 9.10. The topological polar surface area (TPSA) is 92.4 Å². The molecule has 0 radical (unpaired) electrons. The third-order valence-corrected chi connectivity index (χ3v) is 3.36. The van der Waals surface area contributed by atoms with Gasteiger partial charge in [-0.1, -0.05) is 29.3 Å². The summed E-state index contributed by atoms with van der Waals surface area (Å²) in [6.45, 7) is 3.35. The number of hydrogen-bond acceptors (Lipinski definition) is 3. The van der Waals surface area contributed by atoms with Crippen LogP contribution < -0.4 is 11.1 Å². The van der Waals surface area contributed by atoms with Crippen molar-refractivity contribution in [3.05, 3.63) is 28.2 Å². The lowest BCUT2D eigenvalue weighted by molar-refractivity contribution is -0.144. The number of halogens is 1. The van der Waals surface area contributed by atoms with Crippen LogP contribution in [0, 0.1) is 0 Å². The first-order valence-electron chi connectivity index (χ1n) is 5.91. The van der Waals surface area contributed by atoms with Crippen LogP contribution in [0.15, 0.2) is 22.7 Å². The third kappa shape index (κ3) is 3.70. The van der Waals surface area contributed by atoms with Crippen molar-refractivity contribution in [3.63, 3.8) is 0 Å². The number of carbonyl (C=O) groups is 2. The summed E-state index contributed by atoms with van der Waals surface area (Å²) < 4.78 is 0.760. The van der Waals surface area contributed by atoms with Gasteiger partial charge < -0.3 is 16.2 Å². The second kappa shape index (κ2) is 6.06. The molecule has 6 heteroatoms. The molecule has 1 aromatic rings. The number of carboxylic acids is 1. The molecule has 0 aromatic heterocycles. The monoisotopic (exact) mass is 328 g/mol. The molecule has 1 rings (SSSR count). The summed E-state index contributed by atoms with van der Waals surface area (Å²) in [6.07, 6.45) is 1.00. The summed E-state index contributed by atoms with van der Waals surface area (Å²) in [5.41, 5.74) is 5.04. The van der Waals surface area contributed by atoms with Crippen LogP contribution in [0.3, 0.4) is 0 Å². The van der Waals surface area contributed by atoms with Crippen LogP contribution in [0.25, 0.3) is 0 Å². The van der Waals surface area contributed by atoms with E-state index in [4.69, 9.17) is 5.73 Å². The number of aliphatic carboxylic acids is 1. The molecule has 0 spiro atoms. The Hall–Kier alpha value is -1.56. The van der Waals surface area contributed by atoms with E-state index in [9.17, 15) is 14.7 Å². The van der Waals surface area contributed by atoms with Crippen molar-refractivity contribution in [2.45, 2.75) is 32.2 Å². The molecule has 19 heavy (non-hydrogen) atoms. The number of amides is 1. The lowest BCUT2D eigenvalue weighted by atomic mass is 9.95. The van der Waals surface area contributed by atoms with Crippen LogP contribution in [0.4, 0.5) is 5.69 Å². The van der Waals surface area contributed by atoms with E-state index in [0.29, 0.717) is 18.5 Å². The van der Waals surface area contributed by atoms with Crippen LogP contribution in [0.5, 0.6) is 0 Å². The lowest BCUT2D eigenvalue weighted by Gasteiger charge is -2.26. The van der Waals surface area contributed by atoms with Crippen LogP contribution in [0.2, 0.25) is 0 Å². The molecule has 0 aliphatic rings. The van der Waals surface area contributed by atoms with Crippen molar-refractivity contribution in [3.8, 4) is 0 Å². The highest BCUT2D eigenvalue weighted by Gasteiger charge is 2.34. The molecule has 1 atom stereocenters. The third-order valence-electron chi connectivity index (χ3n) is 2.87. The quantitative estimate of drug-likeness (QED) is 0.723. The van der Waals surface area contributed by atoms with E-state index in [1.165, 1.54) is 6.92 Å². The predicted octanol–water partition coefficient (Wildman–Crippen LogP) is 2.40. The van der Waals surface area contributed by atoms with Gasteiger partial charge in [-0.2, -0.15) is 0 Å². The average Bonchev–Trinajstić information content (AvgIpc) is 2.28. The van der Waals surface area contributed by atoms with Gasteiger partial charge in [-0.25, -0.2) is 4.79 Å². The maximum absolute atomic E-state index is 12.1. The summed E-state index contributed by atoms with van der Waals surface area (Å²) in [5.74, 6) is -1.54. The molecule has 4 N–H and O–H groups in total. The maximum atomic E-state index is 12.1. The number of carbonyl (C=O) groups excluding carboxylic acids is 1. The zero-order valence-electron chi connectivity index (χ0n) is 10.9. The van der Waals surface area contributed by atoms with E-state index in [1.807, 2.05) is 6.92 Å². The first-order chi connectivity index (χ1) is 8.80. The van der Waals surface area contributed by atoms with E-state index in [0.717, 1.165) is 4.47 Å². The van der Waals surface area contributed by atoms with Crippen LogP contribution in [0.1, 0.15) is 37.0 Å². The van der Waals surface area contributed by atoms with E-state index in [1.54, 1.807) is 18.2 Å². The molecule has 0 aliphatic heterocycles. The number of nitrogen functional groups attached to an aromatic ring is 1. The molecule has 0 heterocycles. The number of benzene rings is 1. The number of rotatable bonds is 5. The van der Waals surface area contributed by atoms with Gasteiger partial charge in [0.2, 0.25) is 0 Å². The molecule has 104 valence electrons. The van der Waals surface area contributed by atoms with E-state index in [2.05, 4.69) is 21.2 Å². The Kier molecular flexibility index (Phi) is 4.94. The summed E-state index contributed by atoms with van der Waals surface area (Å²) in [7, 11) is 0. The molecule has 0 bridgehead atoms. The van der Waals surface area contributed by atoms with Crippen molar-refractivity contribution in [2.24, 2.45) is 0 Å². The SMILES string of the molecule is CCCC(C)(NC(=O)c1ccc(Br)cc1N)C(=O)O. The molecule has 1 unspecified atom stereocenters. The first kappa shape index (κ1) is 15.5. The predicted molar refractivity (Wildman–Crippen MR) is 77.0 cm³/mol. The summed E-state index contributed by atoms with van der Waals surface area (Å²) >= 11 is 3.25. The van der Waals surface area contributed by atoms with E-state index in [-0.39, 0.29) is 5.56 Å². The standard InChI is InChI=1S/C13H17BrN2O3/c1-3-6-13(2,12(18)19)16-11(17)9-5-4-8(14)7-10(9)15/h4-5,7H,3,6,15H2,1-2H3,(H,16,17)(H,18,19). The average molecular weight is 329 g/mol. The second-order valence-corrected chi connectivity index (χ2v) is 5.49. The van der Waals surface area contributed by atoms with Gasteiger partial charge in [-0.15, -0.1) is 0 Å². The Balaban J connectivity index is 2.97. The number of nitrogens with two attached hydrogens (primary N) is 1. The van der Waals surface area contributed by atoms with E-state index >= 15 is 0 Å². The van der Waals surface area contributed by atoms with Gasteiger partial charge in [-0.3, -0.25) is 4.79 Å². The van der Waals surface area contributed by atoms with Crippen molar-refractivity contribution in [1.82, 2.24) is 5.32 Å². The lowest BCUT2D eigenvalue weighted by Crippen LogP contribution is -2.52. The minimum atomic E-state index is -1.29. The fourth-order valence-corrected chi connectivity index (χ4v) is 2.16. The molecular weight excluding hydrogens is 312 g/mol. The molecule has 0 fully saturated rings.